The Labute approximate surface area is 149 Å². The lowest BCUT2D eigenvalue weighted by molar-refractivity contribution is -0.142. The van der Waals surface area contributed by atoms with Crippen LogP contribution < -0.4 is 15.4 Å². The van der Waals surface area contributed by atoms with Crippen molar-refractivity contribution < 1.29 is 19.4 Å². The van der Waals surface area contributed by atoms with Gasteiger partial charge in [0.25, 0.3) is 0 Å². The van der Waals surface area contributed by atoms with E-state index < -0.39 is 18.1 Å². The summed E-state index contributed by atoms with van der Waals surface area (Å²) in [5, 5.41) is 15.4. The third-order valence-corrected chi connectivity index (χ3v) is 4.70. The summed E-state index contributed by atoms with van der Waals surface area (Å²) in [5.41, 5.74) is 0.835. The molecule has 0 aromatic heterocycles. The van der Waals surface area contributed by atoms with E-state index in [-0.39, 0.29) is 12.3 Å². The Hall–Kier alpha value is -2.08. The van der Waals surface area contributed by atoms with E-state index in [1.54, 1.807) is 26.2 Å². The normalized spacial score (nSPS) is 17.5. The highest BCUT2D eigenvalue weighted by Crippen LogP contribution is 2.18. The highest BCUT2D eigenvalue weighted by atomic mass is 16.5. The standard InChI is InChI=1S/C19H28N2O4/c1-13(20-15-6-4-3-5-7-15)18(22)21-17(19(23)24)12-14-8-10-16(25-2)11-9-14/h8-11,13,15,17,20H,3-7,12H2,1-2H3,(H,21,22)(H,23,24)/t13-,17-/m0/s1. The van der Waals surface area contributed by atoms with Crippen LogP contribution in [0.15, 0.2) is 24.3 Å². The van der Waals surface area contributed by atoms with Crippen LogP contribution in [-0.2, 0) is 16.0 Å². The first-order chi connectivity index (χ1) is 12.0. The fourth-order valence-electron chi connectivity index (χ4n) is 3.19. The third kappa shape index (κ3) is 6.05. The van der Waals surface area contributed by atoms with Gasteiger partial charge in [0, 0.05) is 12.5 Å². The highest BCUT2D eigenvalue weighted by Gasteiger charge is 2.25. The summed E-state index contributed by atoms with van der Waals surface area (Å²) in [7, 11) is 1.58. The van der Waals surface area contributed by atoms with E-state index in [4.69, 9.17) is 4.74 Å². The summed E-state index contributed by atoms with van der Waals surface area (Å²) in [5.74, 6) is -0.592. The second kappa shape index (κ2) is 9.42. The van der Waals surface area contributed by atoms with Gasteiger partial charge in [-0.1, -0.05) is 31.4 Å². The molecule has 2 atom stereocenters. The van der Waals surface area contributed by atoms with Gasteiger partial charge in [0.05, 0.1) is 13.2 Å². The maximum Gasteiger partial charge on any atom is 0.326 e. The molecule has 0 saturated heterocycles. The van der Waals surface area contributed by atoms with Crippen LogP contribution in [0.25, 0.3) is 0 Å². The lowest BCUT2D eigenvalue weighted by Crippen LogP contribution is -2.52. The zero-order chi connectivity index (χ0) is 18.2. The summed E-state index contributed by atoms with van der Waals surface area (Å²) in [6.45, 7) is 1.79. The predicted molar refractivity (Wildman–Crippen MR) is 95.7 cm³/mol. The Kier molecular flexibility index (Phi) is 7.25. The van der Waals surface area contributed by atoms with Gasteiger partial charge in [-0.05, 0) is 37.5 Å². The number of carbonyl (C=O) groups is 2. The molecular formula is C19H28N2O4. The molecule has 1 aliphatic rings. The van der Waals surface area contributed by atoms with Gasteiger partial charge in [-0.25, -0.2) is 4.79 Å². The first-order valence-corrected chi connectivity index (χ1v) is 8.91. The number of methoxy groups -OCH3 is 1. The second-order valence-corrected chi connectivity index (χ2v) is 6.67. The molecule has 1 aromatic rings. The molecule has 25 heavy (non-hydrogen) atoms. The fourth-order valence-corrected chi connectivity index (χ4v) is 3.19. The number of carboxylic acids is 1. The van der Waals surface area contributed by atoms with Crippen LogP contribution in [0, 0.1) is 0 Å². The number of aliphatic carboxylic acids is 1. The number of rotatable bonds is 8. The van der Waals surface area contributed by atoms with Crippen molar-refractivity contribution in [2.24, 2.45) is 0 Å². The minimum Gasteiger partial charge on any atom is -0.497 e. The van der Waals surface area contributed by atoms with Crippen molar-refractivity contribution in [1.82, 2.24) is 10.6 Å². The summed E-state index contributed by atoms with van der Waals surface area (Å²) in [6, 6.07) is 6.18. The molecule has 0 unspecified atom stereocenters. The summed E-state index contributed by atoms with van der Waals surface area (Å²) < 4.78 is 5.10. The molecule has 1 saturated carbocycles. The van der Waals surface area contributed by atoms with E-state index in [1.165, 1.54) is 19.3 Å². The van der Waals surface area contributed by atoms with Crippen molar-refractivity contribution in [1.29, 1.82) is 0 Å². The Morgan fingerprint density at radius 1 is 1.20 bits per heavy atom. The van der Waals surface area contributed by atoms with Gasteiger partial charge in [0.2, 0.25) is 5.91 Å². The Bertz CT molecular complexity index is 567. The summed E-state index contributed by atoms with van der Waals surface area (Å²) in [4.78, 5) is 23.9. The smallest absolute Gasteiger partial charge is 0.326 e. The van der Waals surface area contributed by atoms with Gasteiger partial charge in [-0.3, -0.25) is 4.79 Å². The number of carbonyl (C=O) groups excluding carboxylic acids is 1. The van der Waals surface area contributed by atoms with Gasteiger partial charge >= 0.3 is 5.97 Å². The van der Waals surface area contributed by atoms with Crippen LogP contribution in [-0.4, -0.2) is 42.2 Å². The quantitative estimate of drug-likeness (QED) is 0.670. The molecule has 0 heterocycles. The summed E-state index contributed by atoms with van der Waals surface area (Å²) in [6.07, 6.45) is 6.00. The molecular weight excluding hydrogens is 320 g/mol. The number of carboxylic acid groups (broad SMARTS) is 1. The molecule has 3 N–H and O–H groups in total. The van der Waals surface area contributed by atoms with Crippen molar-refractivity contribution in [3.63, 3.8) is 0 Å². The number of benzene rings is 1. The minimum absolute atomic E-state index is 0.237. The molecule has 1 aliphatic carbocycles. The Balaban J connectivity index is 1.90. The van der Waals surface area contributed by atoms with Crippen molar-refractivity contribution >= 4 is 11.9 Å². The molecule has 138 valence electrons. The first kappa shape index (κ1) is 19.2. The van der Waals surface area contributed by atoms with Crippen LogP contribution >= 0.6 is 0 Å². The lowest BCUT2D eigenvalue weighted by atomic mass is 9.95. The van der Waals surface area contributed by atoms with Crippen molar-refractivity contribution in [3.8, 4) is 5.75 Å². The van der Waals surface area contributed by atoms with Crippen LogP contribution in [0.4, 0.5) is 0 Å². The maximum atomic E-state index is 12.4. The zero-order valence-corrected chi connectivity index (χ0v) is 15.0. The van der Waals surface area contributed by atoms with E-state index in [2.05, 4.69) is 10.6 Å². The Morgan fingerprint density at radius 2 is 1.84 bits per heavy atom. The molecule has 0 bridgehead atoms. The highest BCUT2D eigenvalue weighted by molar-refractivity contribution is 5.86. The second-order valence-electron chi connectivity index (χ2n) is 6.67. The number of amides is 1. The fraction of sp³-hybridized carbons (Fsp3) is 0.579. The molecule has 1 amide bonds. The zero-order valence-electron chi connectivity index (χ0n) is 15.0. The van der Waals surface area contributed by atoms with Gasteiger partial charge in [0.15, 0.2) is 0 Å². The molecule has 1 fully saturated rings. The van der Waals surface area contributed by atoms with Crippen molar-refractivity contribution in [3.05, 3.63) is 29.8 Å². The number of hydrogen-bond acceptors (Lipinski definition) is 4. The van der Waals surface area contributed by atoms with E-state index in [0.29, 0.717) is 11.8 Å². The lowest BCUT2D eigenvalue weighted by Gasteiger charge is -2.27. The van der Waals surface area contributed by atoms with Crippen LogP contribution in [0.3, 0.4) is 0 Å². The number of hydrogen-bond donors (Lipinski definition) is 3. The SMILES string of the molecule is COc1ccc(C[C@H](NC(=O)[C@H](C)NC2CCCCC2)C(=O)O)cc1. The third-order valence-electron chi connectivity index (χ3n) is 4.70. The Morgan fingerprint density at radius 3 is 2.40 bits per heavy atom. The van der Waals surface area contributed by atoms with Gasteiger partial charge in [-0.15, -0.1) is 0 Å². The number of nitrogens with one attached hydrogen (secondary N) is 2. The van der Waals surface area contributed by atoms with Crippen LogP contribution in [0.1, 0.15) is 44.6 Å². The maximum absolute atomic E-state index is 12.4. The van der Waals surface area contributed by atoms with E-state index in [9.17, 15) is 14.7 Å². The largest absolute Gasteiger partial charge is 0.497 e. The van der Waals surface area contributed by atoms with Gasteiger partial charge in [-0.2, -0.15) is 0 Å². The summed E-state index contributed by atoms with van der Waals surface area (Å²) >= 11 is 0. The van der Waals surface area contributed by atoms with Crippen LogP contribution in [0.5, 0.6) is 5.75 Å². The van der Waals surface area contributed by atoms with Crippen LogP contribution in [0.2, 0.25) is 0 Å². The molecule has 6 heteroatoms. The van der Waals surface area contributed by atoms with Gasteiger partial charge in [0.1, 0.15) is 11.8 Å². The van der Waals surface area contributed by atoms with Gasteiger partial charge < -0.3 is 20.5 Å². The molecule has 0 spiro atoms. The van der Waals surface area contributed by atoms with Crippen molar-refractivity contribution in [2.75, 3.05) is 7.11 Å². The van der Waals surface area contributed by atoms with E-state index >= 15 is 0 Å². The molecule has 1 aromatic carbocycles. The topological polar surface area (TPSA) is 87.7 Å². The molecule has 0 aliphatic heterocycles. The van der Waals surface area contributed by atoms with Crippen molar-refractivity contribution in [2.45, 2.75) is 63.6 Å². The number of ether oxygens (including phenoxy) is 1. The molecule has 2 rings (SSSR count). The van der Waals surface area contributed by atoms with E-state index in [0.717, 1.165) is 18.4 Å². The average molecular weight is 348 g/mol. The first-order valence-electron chi connectivity index (χ1n) is 8.91. The average Bonchev–Trinajstić information content (AvgIpc) is 2.62. The minimum atomic E-state index is -1.03. The monoisotopic (exact) mass is 348 g/mol. The predicted octanol–water partition coefficient (Wildman–Crippen LogP) is 2.12. The van der Waals surface area contributed by atoms with E-state index in [1.807, 2.05) is 12.1 Å². The molecule has 6 nitrogen and oxygen atoms in total. The molecule has 0 radical (unpaired) electrons.